The highest BCUT2D eigenvalue weighted by Gasteiger charge is 2.11. The molecule has 0 unspecified atom stereocenters. The van der Waals surface area contributed by atoms with Gasteiger partial charge in [-0.1, -0.05) is 11.3 Å². The van der Waals surface area contributed by atoms with Gasteiger partial charge < -0.3 is 4.74 Å². The number of halogens is 2. The van der Waals surface area contributed by atoms with Crippen molar-refractivity contribution < 1.29 is 9.13 Å². The molecule has 0 aliphatic rings. The molecule has 17 heavy (non-hydrogen) atoms. The van der Waals surface area contributed by atoms with Crippen molar-refractivity contribution in [1.82, 2.24) is 10.2 Å². The minimum Gasteiger partial charge on any atom is -0.497 e. The van der Waals surface area contributed by atoms with Crippen LogP contribution in [0.15, 0.2) is 18.2 Å². The van der Waals surface area contributed by atoms with Crippen LogP contribution in [-0.2, 0) is 6.42 Å². The molecule has 0 atom stereocenters. The second-order valence-corrected chi connectivity index (χ2v) is 4.73. The van der Waals surface area contributed by atoms with Gasteiger partial charge in [-0.15, -0.1) is 21.8 Å². The highest BCUT2D eigenvalue weighted by molar-refractivity contribution is 7.14. The number of aromatic nitrogens is 2. The van der Waals surface area contributed by atoms with Gasteiger partial charge >= 0.3 is 0 Å². The monoisotopic (exact) mass is 272 g/mol. The van der Waals surface area contributed by atoms with E-state index in [1.807, 2.05) is 0 Å². The van der Waals surface area contributed by atoms with Crippen LogP contribution in [0.4, 0.5) is 4.39 Å². The van der Waals surface area contributed by atoms with E-state index in [0.29, 0.717) is 28.6 Å². The molecule has 0 aliphatic heterocycles. The van der Waals surface area contributed by atoms with Gasteiger partial charge in [-0.05, 0) is 12.1 Å². The molecule has 0 radical (unpaired) electrons. The van der Waals surface area contributed by atoms with Crippen LogP contribution < -0.4 is 4.74 Å². The van der Waals surface area contributed by atoms with Gasteiger partial charge in [0.25, 0.3) is 0 Å². The Morgan fingerprint density at radius 2 is 2.24 bits per heavy atom. The standard InChI is InChI=1S/C11H10ClFN2OS/c1-16-7-2-3-8(9(13)6-7)11-15-14-10(17-11)4-5-12/h2-3,6H,4-5H2,1H3. The maximum absolute atomic E-state index is 13.8. The average Bonchev–Trinajstić information content (AvgIpc) is 2.78. The molecule has 2 rings (SSSR count). The van der Waals surface area contributed by atoms with E-state index in [4.69, 9.17) is 16.3 Å². The molecule has 0 spiro atoms. The Hall–Kier alpha value is -1.20. The van der Waals surface area contributed by atoms with Gasteiger partial charge in [0.2, 0.25) is 0 Å². The molecule has 2 aromatic rings. The van der Waals surface area contributed by atoms with Crippen molar-refractivity contribution >= 4 is 22.9 Å². The van der Waals surface area contributed by atoms with Crippen LogP contribution in [0.5, 0.6) is 5.75 Å². The van der Waals surface area contributed by atoms with Gasteiger partial charge in [-0.25, -0.2) is 4.39 Å². The number of hydrogen-bond acceptors (Lipinski definition) is 4. The third kappa shape index (κ3) is 2.73. The van der Waals surface area contributed by atoms with Crippen LogP contribution in [0.25, 0.3) is 10.6 Å². The molecule has 90 valence electrons. The number of benzene rings is 1. The first kappa shape index (κ1) is 12.3. The first-order valence-corrected chi connectivity index (χ1v) is 6.32. The van der Waals surface area contributed by atoms with Crippen molar-refractivity contribution in [3.05, 3.63) is 29.0 Å². The van der Waals surface area contributed by atoms with Gasteiger partial charge in [0, 0.05) is 23.9 Å². The van der Waals surface area contributed by atoms with Crippen LogP contribution in [0.3, 0.4) is 0 Å². The molecule has 1 aromatic carbocycles. The number of ether oxygens (including phenoxy) is 1. The second-order valence-electron chi connectivity index (χ2n) is 3.29. The summed E-state index contributed by atoms with van der Waals surface area (Å²) in [5.74, 6) is 0.606. The minimum absolute atomic E-state index is 0.363. The molecule has 0 bridgehead atoms. The Kier molecular flexibility index (Phi) is 3.91. The predicted molar refractivity (Wildman–Crippen MR) is 66.3 cm³/mol. The maximum Gasteiger partial charge on any atom is 0.150 e. The lowest BCUT2D eigenvalue weighted by molar-refractivity contribution is 0.411. The third-order valence-corrected chi connectivity index (χ3v) is 3.39. The van der Waals surface area contributed by atoms with Crippen LogP contribution in [-0.4, -0.2) is 23.2 Å². The Morgan fingerprint density at radius 3 is 2.88 bits per heavy atom. The van der Waals surface area contributed by atoms with Gasteiger partial charge in [-0.2, -0.15) is 0 Å². The number of rotatable bonds is 4. The topological polar surface area (TPSA) is 35.0 Å². The quantitative estimate of drug-likeness (QED) is 0.802. The molecule has 6 heteroatoms. The van der Waals surface area contributed by atoms with Crippen molar-refractivity contribution in [1.29, 1.82) is 0 Å². The molecule has 0 fully saturated rings. The van der Waals surface area contributed by atoms with Gasteiger partial charge in [0.05, 0.1) is 7.11 Å². The lowest BCUT2D eigenvalue weighted by Gasteiger charge is -2.02. The fourth-order valence-corrected chi connectivity index (χ4v) is 2.50. The predicted octanol–water partition coefficient (Wildman–Crippen LogP) is 3.13. The maximum atomic E-state index is 13.8. The Morgan fingerprint density at radius 1 is 1.41 bits per heavy atom. The zero-order valence-electron chi connectivity index (χ0n) is 9.11. The van der Waals surface area contributed by atoms with Crippen molar-refractivity contribution in [3.8, 4) is 16.3 Å². The van der Waals surface area contributed by atoms with E-state index in [1.165, 1.54) is 24.5 Å². The van der Waals surface area contributed by atoms with E-state index in [9.17, 15) is 4.39 Å². The molecule has 1 aromatic heterocycles. The van der Waals surface area contributed by atoms with E-state index < -0.39 is 0 Å². The van der Waals surface area contributed by atoms with Crippen LogP contribution >= 0.6 is 22.9 Å². The summed E-state index contributed by atoms with van der Waals surface area (Å²) in [4.78, 5) is 0. The summed E-state index contributed by atoms with van der Waals surface area (Å²) in [6, 6.07) is 4.66. The average molecular weight is 273 g/mol. The van der Waals surface area contributed by atoms with Crippen LogP contribution in [0, 0.1) is 5.82 Å². The van der Waals surface area contributed by atoms with Crippen LogP contribution in [0.2, 0.25) is 0 Å². The molecule has 0 saturated heterocycles. The summed E-state index contributed by atoms with van der Waals surface area (Å²) in [6.45, 7) is 0. The summed E-state index contributed by atoms with van der Waals surface area (Å²) in [7, 11) is 1.50. The van der Waals surface area contributed by atoms with Gasteiger partial charge in [0.15, 0.2) is 5.01 Å². The van der Waals surface area contributed by atoms with Gasteiger partial charge in [-0.3, -0.25) is 0 Å². The highest BCUT2D eigenvalue weighted by atomic mass is 35.5. The fourth-order valence-electron chi connectivity index (χ4n) is 1.34. The largest absolute Gasteiger partial charge is 0.497 e. The summed E-state index contributed by atoms with van der Waals surface area (Å²) >= 11 is 6.96. The number of alkyl halides is 1. The summed E-state index contributed by atoms with van der Waals surface area (Å²) in [6.07, 6.45) is 0.650. The number of methoxy groups -OCH3 is 1. The zero-order valence-corrected chi connectivity index (χ0v) is 10.7. The normalized spacial score (nSPS) is 10.5. The lowest BCUT2D eigenvalue weighted by atomic mass is 10.2. The van der Waals surface area contributed by atoms with E-state index in [1.54, 1.807) is 12.1 Å². The van der Waals surface area contributed by atoms with Crippen molar-refractivity contribution in [3.63, 3.8) is 0 Å². The van der Waals surface area contributed by atoms with E-state index in [2.05, 4.69) is 10.2 Å². The Labute approximate surface area is 107 Å². The molecule has 0 amide bonds. The molecular formula is C11H10ClFN2OS. The fraction of sp³-hybridized carbons (Fsp3) is 0.273. The van der Waals surface area contributed by atoms with Crippen molar-refractivity contribution in [2.45, 2.75) is 6.42 Å². The lowest BCUT2D eigenvalue weighted by Crippen LogP contribution is -1.87. The van der Waals surface area contributed by atoms with Crippen molar-refractivity contribution in [2.24, 2.45) is 0 Å². The third-order valence-electron chi connectivity index (χ3n) is 2.18. The smallest absolute Gasteiger partial charge is 0.150 e. The highest BCUT2D eigenvalue weighted by Crippen LogP contribution is 2.28. The summed E-state index contributed by atoms with van der Waals surface area (Å²) < 4.78 is 18.7. The van der Waals surface area contributed by atoms with Crippen LogP contribution in [0.1, 0.15) is 5.01 Å². The number of hydrogen-bond donors (Lipinski definition) is 0. The summed E-state index contributed by atoms with van der Waals surface area (Å²) in [5, 5.41) is 9.27. The zero-order chi connectivity index (χ0) is 12.3. The van der Waals surface area contributed by atoms with E-state index >= 15 is 0 Å². The second kappa shape index (κ2) is 5.42. The Balaban J connectivity index is 2.32. The molecular weight excluding hydrogens is 263 g/mol. The molecule has 3 nitrogen and oxygen atoms in total. The Bertz CT molecular complexity index is 518. The van der Waals surface area contributed by atoms with E-state index in [-0.39, 0.29) is 5.82 Å². The van der Waals surface area contributed by atoms with E-state index in [0.717, 1.165) is 5.01 Å². The SMILES string of the molecule is COc1ccc(-c2nnc(CCCl)s2)c(F)c1. The van der Waals surface area contributed by atoms with Crippen molar-refractivity contribution in [2.75, 3.05) is 13.0 Å². The van der Waals surface area contributed by atoms with Gasteiger partial charge in [0.1, 0.15) is 16.6 Å². The molecule has 0 saturated carbocycles. The molecule has 0 aliphatic carbocycles. The first-order chi connectivity index (χ1) is 8.24. The number of aryl methyl sites for hydroxylation is 1. The molecule has 1 heterocycles. The summed E-state index contributed by atoms with van der Waals surface area (Å²) in [5.41, 5.74) is 0.434. The minimum atomic E-state index is -0.363. The number of nitrogens with zero attached hydrogens (tertiary/aromatic N) is 2. The molecule has 0 N–H and O–H groups in total. The first-order valence-electron chi connectivity index (χ1n) is 4.97.